The number of thiocarbonyl (C=S) groups is 1. The number of rotatable bonds is 6. The molecule has 1 heterocycles. The smallest absolute Gasteiger partial charge is 0.241 e. The number of aromatic nitrogens is 3. The normalized spacial score (nSPS) is 13.0. The Morgan fingerprint density at radius 3 is 2.62 bits per heavy atom. The van der Waals surface area contributed by atoms with Gasteiger partial charge in [0.15, 0.2) is 0 Å². The van der Waals surface area contributed by atoms with Crippen LogP contribution in [0.4, 0.5) is 0 Å². The van der Waals surface area contributed by atoms with Gasteiger partial charge in [-0.05, 0) is 24.6 Å². The summed E-state index contributed by atoms with van der Waals surface area (Å²) in [4.78, 5) is 4.45. The molecule has 0 aliphatic carbocycles. The zero-order valence-electron chi connectivity index (χ0n) is 11.3. The second-order valence-electron chi connectivity index (χ2n) is 4.50. The van der Waals surface area contributed by atoms with Gasteiger partial charge in [0.05, 0.1) is 15.9 Å². The number of H-pyrrole nitrogens is 1. The molecule has 7 nitrogen and oxygen atoms in total. The number of hydrogen-bond donors (Lipinski definition) is 3. The molecule has 1 atom stereocenters. The van der Waals surface area contributed by atoms with E-state index in [-0.39, 0.29) is 4.90 Å². The molecule has 0 radical (unpaired) electrons. The van der Waals surface area contributed by atoms with Crippen LogP contribution in [0.5, 0.6) is 0 Å². The first-order valence-corrected chi connectivity index (χ1v) is 8.02. The van der Waals surface area contributed by atoms with Crippen LogP contribution in [-0.4, -0.2) is 28.6 Å². The van der Waals surface area contributed by atoms with Gasteiger partial charge in [-0.15, -0.1) is 0 Å². The molecular formula is C12H15N5O2S2. The molecule has 0 fully saturated rings. The van der Waals surface area contributed by atoms with Crippen LogP contribution in [0.1, 0.15) is 24.4 Å². The number of nitrogens with two attached hydrogens (primary N) is 1. The maximum absolute atomic E-state index is 12.2. The maximum atomic E-state index is 12.2. The molecule has 2 aromatic rings. The second kappa shape index (κ2) is 6.29. The minimum Gasteiger partial charge on any atom is -0.393 e. The number of nitrogens with zero attached hydrogens (tertiary/aromatic N) is 2. The van der Waals surface area contributed by atoms with Gasteiger partial charge in [0.1, 0.15) is 12.2 Å². The maximum Gasteiger partial charge on any atom is 0.241 e. The lowest BCUT2D eigenvalue weighted by atomic mass is 10.1. The van der Waals surface area contributed by atoms with E-state index in [1.54, 1.807) is 19.1 Å². The van der Waals surface area contributed by atoms with Crippen LogP contribution in [0, 0.1) is 0 Å². The van der Waals surface area contributed by atoms with Gasteiger partial charge in [0.2, 0.25) is 10.0 Å². The summed E-state index contributed by atoms with van der Waals surface area (Å²) in [5, 5.41) is 6.32. The van der Waals surface area contributed by atoms with E-state index in [2.05, 4.69) is 19.9 Å². The minimum atomic E-state index is -3.63. The summed E-state index contributed by atoms with van der Waals surface area (Å²) in [6.07, 6.45) is 1.77. The summed E-state index contributed by atoms with van der Waals surface area (Å²) in [6, 6.07) is 5.90. The van der Waals surface area contributed by atoms with Crippen LogP contribution in [0.3, 0.4) is 0 Å². The van der Waals surface area contributed by atoms with Crippen molar-refractivity contribution in [3.63, 3.8) is 0 Å². The quantitative estimate of drug-likeness (QED) is 0.673. The number of hydrogen-bond acceptors (Lipinski definition) is 5. The Balaban J connectivity index is 2.14. The molecule has 2 rings (SSSR count). The summed E-state index contributed by atoms with van der Waals surface area (Å²) >= 11 is 4.82. The molecule has 4 N–H and O–H groups in total. The number of sulfonamides is 1. The van der Waals surface area contributed by atoms with Gasteiger partial charge in [0.25, 0.3) is 0 Å². The van der Waals surface area contributed by atoms with Crippen LogP contribution in [0.25, 0.3) is 0 Å². The SMILES string of the molecule is CC(NS(=O)(=O)c1ccc(CC(N)=S)cc1)c1ncn[nH]1. The first kappa shape index (κ1) is 15.5. The van der Waals surface area contributed by atoms with E-state index in [1.165, 1.54) is 18.5 Å². The molecule has 0 aliphatic rings. The lowest BCUT2D eigenvalue weighted by Gasteiger charge is -2.12. The number of benzene rings is 1. The zero-order valence-corrected chi connectivity index (χ0v) is 12.9. The van der Waals surface area contributed by atoms with Crippen molar-refractivity contribution in [2.45, 2.75) is 24.3 Å². The predicted molar refractivity (Wildman–Crippen MR) is 82.1 cm³/mol. The van der Waals surface area contributed by atoms with Crippen molar-refractivity contribution < 1.29 is 8.42 Å². The standard InChI is InChI=1S/C12H15N5O2S2/c1-8(12-14-7-15-16-12)17-21(18,19)10-4-2-9(3-5-10)6-11(13)20/h2-5,7-8,17H,6H2,1H3,(H2,13,20)(H,14,15,16). The van der Waals surface area contributed by atoms with Gasteiger partial charge in [-0.3, -0.25) is 5.10 Å². The van der Waals surface area contributed by atoms with E-state index in [1.807, 2.05) is 0 Å². The largest absolute Gasteiger partial charge is 0.393 e. The van der Waals surface area contributed by atoms with Crippen LogP contribution in [0.15, 0.2) is 35.5 Å². The Morgan fingerprint density at radius 2 is 2.10 bits per heavy atom. The molecule has 0 saturated carbocycles. The van der Waals surface area contributed by atoms with Gasteiger partial charge in [0, 0.05) is 6.42 Å². The van der Waals surface area contributed by atoms with Crippen LogP contribution >= 0.6 is 12.2 Å². The Kier molecular flexibility index (Phi) is 4.66. The van der Waals surface area contributed by atoms with E-state index in [4.69, 9.17) is 18.0 Å². The molecule has 0 bridgehead atoms. The fraction of sp³-hybridized carbons (Fsp3) is 0.250. The Labute approximate surface area is 128 Å². The number of aromatic amines is 1. The third-order valence-corrected chi connectivity index (χ3v) is 4.49. The van der Waals surface area contributed by atoms with Crippen molar-refractivity contribution >= 4 is 27.2 Å². The third kappa shape index (κ3) is 4.06. The van der Waals surface area contributed by atoms with Crippen molar-refractivity contribution in [3.8, 4) is 0 Å². The van der Waals surface area contributed by atoms with Crippen molar-refractivity contribution in [1.82, 2.24) is 19.9 Å². The second-order valence-corrected chi connectivity index (χ2v) is 6.74. The average Bonchev–Trinajstić information content (AvgIpc) is 2.92. The monoisotopic (exact) mass is 325 g/mol. The number of nitrogens with one attached hydrogen (secondary N) is 2. The first-order valence-electron chi connectivity index (χ1n) is 6.13. The Bertz CT molecular complexity index is 711. The highest BCUT2D eigenvalue weighted by Crippen LogP contribution is 2.15. The molecule has 0 spiro atoms. The molecule has 1 aromatic carbocycles. The molecule has 112 valence electrons. The summed E-state index contributed by atoms with van der Waals surface area (Å²) in [7, 11) is -3.63. The van der Waals surface area contributed by atoms with Gasteiger partial charge >= 0.3 is 0 Å². The summed E-state index contributed by atoms with van der Waals surface area (Å²) in [6.45, 7) is 1.68. The van der Waals surface area contributed by atoms with Crippen LogP contribution in [0.2, 0.25) is 0 Å². The lowest BCUT2D eigenvalue weighted by molar-refractivity contribution is 0.560. The van der Waals surface area contributed by atoms with Crippen molar-refractivity contribution in [2.24, 2.45) is 5.73 Å². The van der Waals surface area contributed by atoms with Crippen molar-refractivity contribution in [3.05, 3.63) is 42.0 Å². The molecule has 1 aromatic heterocycles. The Hall–Kier alpha value is -1.84. The molecule has 9 heteroatoms. The molecule has 0 aliphatic heterocycles. The van der Waals surface area contributed by atoms with Gasteiger partial charge in [-0.1, -0.05) is 24.4 Å². The predicted octanol–water partition coefficient (Wildman–Crippen LogP) is 0.673. The Morgan fingerprint density at radius 1 is 1.43 bits per heavy atom. The minimum absolute atomic E-state index is 0.167. The van der Waals surface area contributed by atoms with Crippen LogP contribution < -0.4 is 10.5 Å². The van der Waals surface area contributed by atoms with E-state index >= 15 is 0 Å². The summed E-state index contributed by atoms with van der Waals surface area (Å²) < 4.78 is 27.0. The fourth-order valence-corrected chi connectivity index (χ4v) is 3.14. The van der Waals surface area contributed by atoms with Gasteiger partial charge in [-0.2, -0.15) is 5.10 Å². The van der Waals surface area contributed by atoms with E-state index in [0.29, 0.717) is 17.2 Å². The zero-order chi connectivity index (χ0) is 15.5. The first-order chi connectivity index (χ1) is 9.88. The lowest BCUT2D eigenvalue weighted by Crippen LogP contribution is -2.27. The van der Waals surface area contributed by atoms with Gasteiger partial charge in [-0.25, -0.2) is 18.1 Å². The highest BCUT2D eigenvalue weighted by molar-refractivity contribution is 7.89. The van der Waals surface area contributed by atoms with E-state index < -0.39 is 16.1 Å². The van der Waals surface area contributed by atoms with E-state index in [9.17, 15) is 8.42 Å². The average molecular weight is 325 g/mol. The third-order valence-electron chi connectivity index (χ3n) is 2.79. The van der Waals surface area contributed by atoms with Gasteiger partial charge < -0.3 is 5.73 Å². The van der Waals surface area contributed by atoms with Crippen molar-refractivity contribution in [1.29, 1.82) is 0 Å². The molecule has 0 saturated heterocycles. The molecule has 1 unspecified atom stereocenters. The molecule has 21 heavy (non-hydrogen) atoms. The van der Waals surface area contributed by atoms with E-state index in [0.717, 1.165) is 5.56 Å². The highest BCUT2D eigenvalue weighted by Gasteiger charge is 2.19. The molecule has 0 amide bonds. The molecular weight excluding hydrogens is 310 g/mol. The topological polar surface area (TPSA) is 114 Å². The van der Waals surface area contributed by atoms with Crippen LogP contribution in [-0.2, 0) is 16.4 Å². The summed E-state index contributed by atoms with van der Waals surface area (Å²) in [5.41, 5.74) is 6.32. The highest BCUT2D eigenvalue weighted by atomic mass is 32.2. The van der Waals surface area contributed by atoms with Crippen molar-refractivity contribution in [2.75, 3.05) is 0 Å². The fourth-order valence-electron chi connectivity index (χ4n) is 1.77. The summed E-state index contributed by atoms with van der Waals surface area (Å²) in [5.74, 6) is 0.448.